The smallest absolute Gasteiger partial charge is 0.329 e. The third-order valence-electron chi connectivity index (χ3n) is 5.66. The van der Waals surface area contributed by atoms with Gasteiger partial charge in [-0.25, -0.2) is 4.79 Å². The molecular weight excluding hydrogens is 394 g/mol. The number of aromatic nitrogens is 2. The van der Waals surface area contributed by atoms with Crippen molar-refractivity contribution in [2.75, 3.05) is 6.61 Å². The third-order valence-corrected chi connectivity index (χ3v) is 5.66. The van der Waals surface area contributed by atoms with E-state index in [2.05, 4.69) is 5.32 Å². The summed E-state index contributed by atoms with van der Waals surface area (Å²) in [6, 6.07) is 11.7. The predicted molar refractivity (Wildman–Crippen MR) is 120 cm³/mol. The molecule has 1 aromatic heterocycles. The zero-order valence-corrected chi connectivity index (χ0v) is 18.3. The van der Waals surface area contributed by atoms with Gasteiger partial charge in [0, 0.05) is 43.6 Å². The largest absolute Gasteiger partial charge is 0.494 e. The number of nitrogens with one attached hydrogen (secondary N) is 1. The summed E-state index contributed by atoms with van der Waals surface area (Å²) < 4.78 is 15.0. The number of amides is 1. The van der Waals surface area contributed by atoms with E-state index in [0.29, 0.717) is 26.2 Å². The van der Waals surface area contributed by atoms with Crippen LogP contribution < -0.4 is 20.5 Å². The topological polar surface area (TPSA) is 74.5 Å². The van der Waals surface area contributed by atoms with Crippen LogP contribution in [0.5, 0.6) is 11.5 Å². The first-order chi connectivity index (χ1) is 15.0. The van der Waals surface area contributed by atoms with Crippen molar-refractivity contribution in [2.45, 2.75) is 59.4 Å². The van der Waals surface area contributed by atoms with Crippen LogP contribution in [0.3, 0.4) is 0 Å². The Morgan fingerprint density at radius 2 is 1.94 bits per heavy atom. The summed E-state index contributed by atoms with van der Waals surface area (Å²) in [6.07, 6.45) is 1.24. The Morgan fingerprint density at radius 3 is 2.65 bits per heavy atom. The van der Waals surface area contributed by atoms with Crippen LogP contribution in [-0.4, -0.2) is 27.8 Å². The number of hydrogen-bond acceptors (Lipinski definition) is 4. The van der Waals surface area contributed by atoms with Crippen LogP contribution in [0.15, 0.2) is 41.2 Å². The van der Waals surface area contributed by atoms with Crippen LogP contribution in [0.4, 0.5) is 0 Å². The molecule has 1 unspecified atom stereocenters. The monoisotopic (exact) mass is 423 g/mol. The number of carbonyl (C=O) groups excluding carboxylic acids is 1. The summed E-state index contributed by atoms with van der Waals surface area (Å²) in [7, 11) is 0. The van der Waals surface area contributed by atoms with Gasteiger partial charge in [-0.05, 0) is 45.0 Å². The number of fused-ring (bicyclic) bond motifs is 2. The maximum Gasteiger partial charge on any atom is 0.329 e. The number of aryl methyl sites for hydroxylation is 2. The summed E-state index contributed by atoms with van der Waals surface area (Å²) in [6.45, 7) is 7.77. The van der Waals surface area contributed by atoms with E-state index in [1.165, 1.54) is 0 Å². The van der Waals surface area contributed by atoms with E-state index in [0.717, 1.165) is 40.1 Å². The summed E-state index contributed by atoms with van der Waals surface area (Å²) in [5.74, 6) is 1.53. The molecule has 7 nitrogen and oxygen atoms in total. The average molecular weight is 424 g/mol. The second-order valence-corrected chi connectivity index (χ2v) is 7.83. The van der Waals surface area contributed by atoms with Crippen molar-refractivity contribution in [3.63, 3.8) is 0 Å². The maximum absolute atomic E-state index is 12.7. The summed E-state index contributed by atoms with van der Waals surface area (Å²) in [5.41, 5.74) is 3.69. The van der Waals surface area contributed by atoms with Gasteiger partial charge in [0.2, 0.25) is 5.91 Å². The number of hydrogen-bond donors (Lipinski definition) is 1. The van der Waals surface area contributed by atoms with Crippen molar-refractivity contribution in [2.24, 2.45) is 0 Å². The molecule has 0 bridgehead atoms. The predicted octanol–water partition coefficient (Wildman–Crippen LogP) is 3.25. The zero-order valence-electron chi connectivity index (χ0n) is 18.3. The minimum atomic E-state index is -0.113. The molecule has 2 heterocycles. The fourth-order valence-corrected chi connectivity index (χ4v) is 4.20. The van der Waals surface area contributed by atoms with Crippen molar-refractivity contribution in [1.82, 2.24) is 14.5 Å². The lowest BCUT2D eigenvalue weighted by molar-refractivity contribution is -0.121. The molecule has 0 aliphatic carbocycles. The molecule has 164 valence electrons. The van der Waals surface area contributed by atoms with E-state index in [9.17, 15) is 9.59 Å². The molecule has 0 saturated heterocycles. The van der Waals surface area contributed by atoms with Crippen LogP contribution in [0.1, 0.15) is 38.3 Å². The quantitative estimate of drug-likeness (QED) is 0.604. The van der Waals surface area contributed by atoms with Crippen LogP contribution in [0.2, 0.25) is 0 Å². The Labute approximate surface area is 181 Å². The molecule has 1 atom stereocenters. The van der Waals surface area contributed by atoms with Crippen LogP contribution >= 0.6 is 0 Å². The Hall–Kier alpha value is -3.22. The molecule has 1 aliphatic heterocycles. The molecule has 3 aromatic rings. The highest BCUT2D eigenvalue weighted by molar-refractivity contribution is 5.78. The molecule has 2 aromatic carbocycles. The lowest BCUT2D eigenvalue weighted by atomic mass is 10.1. The lowest BCUT2D eigenvalue weighted by Gasteiger charge is -2.13. The molecule has 0 saturated carbocycles. The van der Waals surface area contributed by atoms with Crippen molar-refractivity contribution in [3.05, 3.63) is 58.0 Å². The van der Waals surface area contributed by atoms with Gasteiger partial charge in [-0.3, -0.25) is 13.9 Å². The Bertz CT molecular complexity index is 1160. The van der Waals surface area contributed by atoms with Gasteiger partial charge in [0.1, 0.15) is 17.6 Å². The van der Waals surface area contributed by atoms with E-state index in [1.54, 1.807) is 9.13 Å². The average Bonchev–Trinajstić information content (AvgIpc) is 3.25. The van der Waals surface area contributed by atoms with Gasteiger partial charge in [0.15, 0.2) is 0 Å². The number of para-hydroxylation sites is 2. The first-order valence-corrected chi connectivity index (χ1v) is 10.9. The number of rotatable bonds is 8. The van der Waals surface area contributed by atoms with Crippen LogP contribution in [-0.2, 0) is 30.8 Å². The van der Waals surface area contributed by atoms with Crippen molar-refractivity contribution >= 4 is 16.9 Å². The van der Waals surface area contributed by atoms with Gasteiger partial charge in [-0.15, -0.1) is 0 Å². The summed E-state index contributed by atoms with van der Waals surface area (Å²) in [5, 5.41) is 2.96. The van der Waals surface area contributed by atoms with E-state index in [1.807, 2.05) is 57.2 Å². The van der Waals surface area contributed by atoms with Gasteiger partial charge in [-0.1, -0.05) is 12.1 Å². The molecule has 0 spiro atoms. The molecule has 1 aliphatic rings. The maximum atomic E-state index is 12.7. The number of ether oxygens (including phenoxy) is 2. The van der Waals surface area contributed by atoms with E-state index < -0.39 is 0 Å². The minimum absolute atomic E-state index is 0.0833. The van der Waals surface area contributed by atoms with Crippen LogP contribution in [0, 0.1) is 0 Å². The van der Waals surface area contributed by atoms with Gasteiger partial charge >= 0.3 is 5.69 Å². The zero-order chi connectivity index (χ0) is 22.0. The van der Waals surface area contributed by atoms with E-state index in [-0.39, 0.29) is 24.1 Å². The molecular formula is C24H29N3O4. The summed E-state index contributed by atoms with van der Waals surface area (Å²) in [4.78, 5) is 25.3. The highest BCUT2D eigenvalue weighted by atomic mass is 16.5. The van der Waals surface area contributed by atoms with Gasteiger partial charge in [-0.2, -0.15) is 0 Å². The van der Waals surface area contributed by atoms with Gasteiger partial charge in [0.25, 0.3) is 0 Å². The molecule has 4 rings (SSSR count). The Kier molecular flexibility index (Phi) is 6.02. The lowest BCUT2D eigenvalue weighted by Crippen LogP contribution is -2.28. The van der Waals surface area contributed by atoms with Crippen LogP contribution in [0.25, 0.3) is 11.0 Å². The fourth-order valence-electron chi connectivity index (χ4n) is 4.20. The third kappa shape index (κ3) is 4.17. The standard InChI is InChI=1S/C24H29N3O4/c1-4-26-19-8-6-7-9-20(19)27(24(26)29)11-10-23(28)25-15-18-14-22-17(12-16(3)31-22)13-21(18)30-5-2/h6-9,13-14,16H,4-5,10-12,15H2,1-3H3,(H,25,28). The molecule has 1 amide bonds. The van der Waals surface area contributed by atoms with Crippen molar-refractivity contribution < 1.29 is 14.3 Å². The highest BCUT2D eigenvalue weighted by Gasteiger charge is 2.22. The number of nitrogens with zero attached hydrogens (tertiary/aromatic N) is 2. The van der Waals surface area contributed by atoms with Crippen molar-refractivity contribution in [3.8, 4) is 11.5 Å². The molecule has 0 radical (unpaired) electrons. The first kappa shape index (κ1) is 21.0. The van der Waals surface area contributed by atoms with Gasteiger partial charge < -0.3 is 14.8 Å². The number of imidazole rings is 1. The summed E-state index contributed by atoms with van der Waals surface area (Å²) >= 11 is 0. The molecule has 1 N–H and O–H groups in total. The first-order valence-electron chi connectivity index (χ1n) is 10.9. The minimum Gasteiger partial charge on any atom is -0.494 e. The number of benzene rings is 2. The van der Waals surface area contributed by atoms with Crippen molar-refractivity contribution in [1.29, 1.82) is 0 Å². The van der Waals surface area contributed by atoms with Gasteiger partial charge in [0.05, 0.1) is 17.6 Å². The SMILES string of the molecule is CCOc1cc2c(cc1CNC(=O)CCn1c(=O)n(CC)c3ccccc31)OC(C)C2. The number of carbonyl (C=O) groups is 1. The molecule has 31 heavy (non-hydrogen) atoms. The second-order valence-electron chi connectivity index (χ2n) is 7.83. The Morgan fingerprint density at radius 1 is 1.19 bits per heavy atom. The Balaban J connectivity index is 1.44. The molecule has 0 fully saturated rings. The fraction of sp³-hybridized carbons (Fsp3) is 0.417. The highest BCUT2D eigenvalue weighted by Crippen LogP contribution is 2.35. The second kappa shape index (κ2) is 8.88. The van der Waals surface area contributed by atoms with E-state index >= 15 is 0 Å². The molecule has 7 heteroatoms. The normalized spacial score (nSPS) is 15.0. The van der Waals surface area contributed by atoms with E-state index in [4.69, 9.17) is 9.47 Å².